The third kappa shape index (κ3) is 24.9. The van der Waals surface area contributed by atoms with Crippen LogP contribution in [0.1, 0.15) is 297 Å². The van der Waals surface area contributed by atoms with Crippen molar-refractivity contribution in [1.82, 2.24) is 0 Å². The zero-order chi connectivity index (χ0) is 78.0. The topological polar surface area (TPSA) is 108 Å². The van der Waals surface area contributed by atoms with Crippen molar-refractivity contribution in [3.8, 4) is 11.5 Å². The van der Waals surface area contributed by atoms with Crippen LogP contribution in [0.25, 0.3) is 10.8 Å². The van der Waals surface area contributed by atoms with Gasteiger partial charge in [0.2, 0.25) is 0 Å². The molecule has 19 heteroatoms. The number of rotatable bonds is 26. The fourth-order valence-electron chi connectivity index (χ4n) is 13.2. The quantitative estimate of drug-likeness (QED) is 0.0230. The number of esters is 2. The monoisotopic (exact) mass is 1470 g/mol. The minimum absolute atomic E-state index is 0.0457. The van der Waals surface area contributed by atoms with Crippen molar-refractivity contribution in [2.24, 2.45) is 17.3 Å². The lowest BCUT2D eigenvalue weighted by Crippen LogP contribution is -2.46. The number of hydrogen-bond donors (Lipinski definition) is 0. The number of halogens is 9. The van der Waals surface area contributed by atoms with E-state index < -0.39 is 76.8 Å². The van der Waals surface area contributed by atoms with Gasteiger partial charge in [0.05, 0.1) is 17.6 Å². The van der Waals surface area contributed by atoms with Gasteiger partial charge in [0.15, 0.2) is 29.4 Å². The van der Waals surface area contributed by atoms with Crippen molar-refractivity contribution in [1.29, 1.82) is 0 Å². The van der Waals surface area contributed by atoms with Crippen molar-refractivity contribution in [2.75, 3.05) is 19.8 Å². The molecule has 0 aliphatic heterocycles. The van der Waals surface area contributed by atoms with E-state index in [2.05, 4.69) is 58.0 Å². The smallest absolute Gasteiger partial charge is 0.421 e. The number of carbonyl (C=O) groups excluding carboxylic acids is 2. The van der Waals surface area contributed by atoms with Gasteiger partial charge in [-0.05, 0) is 220 Å². The molecule has 5 aromatic rings. The predicted octanol–water partition coefficient (Wildman–Crippen LogP) is 25.1. The molecule has 0 radical (unpaired) electrons. The Bertz CT molecular complexity index is 3400. The Balaban J connectivity index is 0.000000252. The molecule has 8 rings (SSSR count). The lowest BCUT2D eigenvalue weighted by molar-refractivity contribution is -0.321. The van der Waals surface area contributed by atoms with Gasteiger partial charge in [0.25, 0.3) is 0 Å². The number of alkyl halides is 9. The van der Waals surface area contributed by atoms with E-state index in [9.17, 15) is 49.1 Å². The van der Waals surface area contributed by atoms with Crippen LogP contribution < -0.4 is 9.47 Å². The third-order valence-electron chi connectivity index (χ3n) is 21.1. The molecule has 0 bridgehead atoms. The molecule has 3 aliphatic rings. The maximum atomic E-state index is 14.0. The van der Waals surface area contributed by atoms with Gasteiger partial charge >= 0.3 is 30.5 Å². The standard InChI is InChI=1S/C25H37F3O4.C24H32O2.C19H27F3O3.C17H25F3O/c1-6-23(3,4)22(29)31-21-14-12-20(13-15-21)24(5,25(26,27)28)32-18(2)30-17-16-19-10-8-7-9-11-19;1-16-17(2)21-12-13-23(22-11-7-10-20(16)24(21)22)26-18(3)25-15-14-19-8-5-4-6-9-19;1-7-13(2)14-8-10-15(11-9-14)18(6,19(20,21)22)24-12-16(23)25-17(3,4)5;1-7-12(2)13-8-10-14(11-9-13)16(6,17(18,19)20)21-15(3,4)5/h12-15,18-19H,6-11,16-17H2,1-5H3;7,10-13,16-19H,4-6,8-9,14-15H2,1-3H3;8-11,13H,7,12H2,1-6H3;8-12H,7H2,1-6H3. The Morgan fingerprint density at radius 3 is 1.34 bits per heavy atom. The van der Waals surface area contributed by atoms with E-state index in [0.29, 0.717) is 36.7 Å². The molecule has 2 fully saturated rings. The minimum atomic E-state index is -4.67. The number of carbonyl (C=O) groups is 2. The van der Waals surface area contributed by atoms with Crippen LogP contribution in [0.2, 0.25) is 0 Å². The molecule has 5 aromatic carbocycles. The molecule has 584 valence electrons. The molecule has 3 aliphatic carbocycles. The van der Waals surface area contributed by atoms with E-state index in [1.165, 1.54) is 135 Å². The van der Waals surface area contributed by atoms with Gasteiger partial charge in [-0.25, -0.2) is 4.79 Å². The summed E-state index contributed by atoms with van der Waals surface area (Å²) in [4.78, 5) is 24.0. The minimum Gasteiger partial charge on any atom is -0.465 e. The SMILES string of the molecule is CC(OCCC1CCCCC1)Oc1ccc2c3c(cccc13)C(C)C2C.CCC(C)(C)C(=O)Oc1ccc(C(C)(OC(C)OCCC2CCCCC2)C(F)(F)F)cc1.CCC(C)c1ccc(C(C)(OC(C)(C)C)C(F)(F)F)cc1.CCC(C)c1ccc(C(C)(OCC(=O)OC(C)(C)C)C(F)(F)F)cc1. The van der Waals surface area contributed by atoms with Crippen molar-refractivity contribution >= 4 is 22.7 Å². The molecule has 0 aromatic heterocycles. The summed E-state index contributed by atoms with van der Waals surface area (Å²) in [7, 11) is 0. The molecule has 2 saturated carbocycles. The fourth-order valence-corrected chi connectivity index (χ4v) is 13.2. The van der Waals surface area contributed by atoms with Gasteiger partial charge in [-0.1, -0.05) is 198 Å². The first kappa shape index (κ1) is 88.9. The van der Waals surface area contributed by atoms with Crippen LogP contribution in [-0.4, -0.2) is 74.1 Å². The highest BCUT2D eigenvalue weighted by Gasteiger charge is 2.57. The normalized spacial score (nSPS) is 19.2. The first-order chi connectivity index (χ1) is 48.2. The summed E-state index contributed by atoms with van der Waals surface area (Å²) in [6, 6.07) is 29.0. The highest BCUT2D eigenvalue weighted by molar-refractivity contribution is 5.96. The average Bonchev–Trinajstić information content (AvgIpc) is 1.58. The van der Waals surface area contributed by atoms with Gasteiger partial charge in [0.1, 0.15) is 23.7 Å². The Labute approximate surface area is 615 Å². The summed E-state index contributed by atoms with van der Waals surface area (Å²) in [5.41, 5.74) is -4.86. The number of ether oxygens (including phenoxy) is 8. The van der Waals surface area contributed by atoms with Crippen molar-refractivity contribution in [3.05, 3.63) is 142 Å². The van der Waals surface area contributed by atoms with Crippen molar-refractivity contribution in [2.45, 2.75) is 318 Å². The van der Waals surface area contributed by atoms with Gasteiger partial charge in [-0.3, -0.25) is 4.79 Å². The van der Waals surface area contributed by atoms with Crippen LogP contribution in [-0.2, 0) is 54.8 Å². The van der Waals surface area contributed by atoms with E-state index in [1.54, 1.807) is 79.7 Å². The Kier molecular flexibility index (Phi) is 32.4. The maximum Gasteiger partial charge on any atom is 0.421 e. The van der Waals surface area contributed by atoms with E-state index >= 15 is 0 Å². The molecule has 0 heterocycles. The summed E-state index contributed by atoms with van der Waals surface area (Å²) in [5, 5.41) is 2.64. The summed E-state index contributed by atoms with van der Waals surface area (Å²) in [6.07, 6.45) is 2.38. The summed E-state index contributed by atoms with van der Waals surface area (Å²) >= 11 is 0. The van der Waals surface area contributed by atoms with E-state index in [-0.39, 0.29) is 34.6 Å². The number of hydrogen-bond acceptors (Lipinski definition) is 10. The number of benzene rings is 5. The van der Waals surface area contributed by atoms with Gasteiger partial charge < -0.3 is 37.9 Å². The van der Waals surface area contributed by atoms with Gasteiger partial charge in [-0.2, -0.15) is 39.5 Å². The van der Waals surface area contributed by atoms with Crippen LogP contribution in [0, 0.1) is 17.3 Å². The van der Waals surface area contributed by atoms with E-state index in [1.807, 2.05) is 27.7 Å². The second-order valence-electron chi connectivity index (χ2n) is 31.9. The predicted molar refractivity (Wildman–Crippen MR) is 395 cm³/mol. The largest absolute Gasteiger partial charge is 0.465 e. The average molecular weight is 1470 g/mol. The van der Waals surface area contributed by atoms with E-state index in [4.69, 9.17) is 37.9 Å². The molecule has 0 saturated heterocycles. The highest BCUT2D eigenvalue weighted by Crippen LogP contribution is 2.50. The Morgan fingerprint density at radius 2 is 0.913 bits per heavy atom. The Hall–Kier alpha value is -5.73. The van der Waals surface area contributed by atoms with Gasteiger partial charge in [-0.15, -0.1) is 0 Å². The van der Waals surface area contributed by atoms with E-state index in [0.717, 1.165) is 82.3 Å². The highest BCUT2D eigenvalue weighted by atomic mass is 19.4. The second kappa shape index (κ2) is 37.9. The molecule has 9 atom stereocenters. The lowest BCUT2D eigenvalue weighted by atomic mass is 9.87. The van der Waals surface area contributed by atoms with Crippen LogP contribution in [0.3, 0.4) is 0 Å². The molecule has 104 heavy (non-hydrogen) atoms. The van der Waals surface area contributed by atoms with Crippen LogP contribution >= 0.6 is 0 Å². The molecular formula is C85H121F9O10. The molecular weight excluding hydrogens is 1350 g/mol. The summed E-state index contributed by atoms with van der Waals surface area (Å²) < 4.78 is 167. The van der Waals surface area contributed by atoms with Crippen molar-refractivity contribution in [3.63, 3.8) is 0 Å². The summed E-state index contributed by atoms with van der Waals surface area (Å²) in [6.45, 7) is 34.9. The van der Waals surface area contributed by atoms with Crippen LogP contribution in [0.15, 0.2) is 103 Å². The fraction of sp³-hybridized carbons (Fsp3) is 0.647. The first-order valence-corrected chi connectivity index (χ1v) is 37.7. The maximum absolute atomic E-state index is 14.0. The molecule has 9 unspecified atom stereocenters. The first-order valence-electron chi connectivity index (χ1n) is 37.7. The zero-order valence-electron chi connectivity index (χ0n) is 65.6. The third-order valence-corrected chi connectivity index (χ3v) is 21.1. The molecule has 10 nitrogen and oxygen atoms in total. The molecule has 0 N–H and O–H groups in total. The van der Waals surface area contributed by atoms with Gasteiger partial charge in [0, 0.05) is 12.0 Å². The molecule has 0 spiro atoms. The van der Waals surface area contributed by atoms with Crippen molar-refractivity contribution < 1.29 is 87.0 Å². The zero-order valence-corrected chi connectivity index (χ0v) is 65.6. The van der Waals surface area contributed by atoms with Crippen LogP contribution in [0.4, 0.5) is 39.5 Å². The van der Waals surface area contributed by atoms with Crippen LogP contribution in [0.5, 0.6) is 11.5 Å². The Morgan fingerprint density at radius 1 is 0.490 bits per heavy atom. The lowest BCUT2D eigenvalue weighted by Gasteiger charge is -2.38. The molecule has 0 amide bonds. The summed E-state index contributed by atoms with van der Waals surface area (Å²) in [5.74, 6) is 3.07. The second-order valence-corrected chi connectivity index (χ2v) is 31.9.